The summed E-state index contributed by atoms with van der Waals surface area (Å²) in [6, 6.07) is 5.85. The van der Waals surface area contributed by atoms with E-state index >= 15 is 0 Å². The number of benzene rings is 1. The number of rotatable bonds is 4. The lowest BCUT2D eigenvalue weighted by Gasteiger charge is -2.32. The largest absolute Gasteiger partial charge is 0.338 e. The number of amides is 1. The number of carbonyl (C=O) groups excluding carboxylic acids is 1. The molecule has 0 spiro atoms. The molecule has 1 unspecified atom stereocenters. The summed E-state index contributed by atoms with van der Waals surface area (Å²) in [4.78, 5) is 18.6. The third kappa shape index (κ3) is 3.60. The molecule has 1 saturated heterocycles. The Morgan fingerprint density at radius 1 is 1.33 bits per heavy atom. The number of nitrogens with zero attached hydrogens (tertiary/aromatic N) is 6. The molecule has 140 valence electrons. The van der Waals surface area contributed by atoms with E-state index in [4.69, 9.17) is 0 Å². The summed E-state index contributed by atoms with van der Waals surface area (Å²) in [5.74, 6) is 1.30. The van der Waals surface area contributed by atoms with Crippen LogP contribution in [0.15, 0.2) is 43.0 Å². The summed E-state index contributed by atoms with van der Waals surface area (Å²) in [6.07, 6.45) is 7.19. The number of aromatic nitrogens is 5. The third-order valence-electron chi connectivity index (χ3n) is 5.03. The number of piperidine rings is 1. The summed E-state index contributed by atoms with van der Waals surface area (Å²) in [5.41, 5.74) is 0.384. The average molecular weight is 368 g/mol. The first-order chi connectivity index (χ1) is 13.1. The number of likely N-dealkylation sites (tertiary alicyclic amines) is 1. The Morgan fingerprint density at radius 3 is 3.00 bits per heavy atom. The summed E-state index contributed by atoms with van der Waals surface area (Å²) in [6.45, 7) is 1.83. The van der Waals surface area contributed by atoms with Crippen LogP contribution in [-0.2, 0) is 13.6 Å². The highest BCUT2D eigenvalue weighted by Gasteiger charge is 2.29. The molecule has 1 aromatic carbocycles. The van der Waals surface area contributed by atoms with Gasteiger partial charge in [0.1, 0.15) is 11.6 Å². The van der Waals surface area contributed by atoms with E-state index in [1.54, 1.807) is 29.6 Å². The smallest absolute Gasteiger partial charge is 0.253 e. The van der Waals surface area contributed by atoms with E-state index in [-0.39, 0.29) is 11.8 Å². The standard InChI is InChI=1S/C19H21FN6O/c1-24-17(12-25-9-7-21-13-25)22-23-18(24)15-5-3-8-26(11-15)19(27)14-4-2-6-16(20)10-14/h2,4,6-7,9-10,13,15H,3,5,8,11-12H2,1H3. The molecule has 7 nitrogen and oxygen atoms in total. The van der Waals surface area contributed by atoms with Gasteiger partial charge in [-0.2, -0.15) is 0 Å². The zero-order valence-electron chi connectivity index (χ0n) is 15.1. The van der Waals surface area contributed by atoms with Crippen molar-refractivity contribution >= 4 is 5.91 Å². The Kier molecular flexibility index (Phi) is 4.70. The highest BCUT2D eigenvalue weighted by molar-refractivity contribution is 5.94. The summed E-state index contributed by atoms with van der Waals surface area (Å²) >= 11 is 0. The van der Waals surface area contributed by atoms with Gasteiger partial charge >= 0.3 is 0 Å². The minimum Gasteiger partial charge on any atom is -0.338 e. The highest BCUT2D eigenvalue weighted by Crippen LogP contribution is 2.27. The van der Waals surface area contributed by atoms with Gasteiger partial charge in [-0.25, -0.2) is 9.37 Å². The summed E-state index contributed by atoms with van der Waals surface area (Å²) < 4.78 is 17.4. The molecule has 3 aromatic rings. The predicted molar refractivity (Wildman–Crippen MR) is 96.6 cm³/mol. The fourth-order valence-electron chi connectivity index (χ4n) is 3.59. The molecule has 2 aromatic heterocycles. The molecular formula is C19H21FN6O. The average Bonchev–Trinajstić information content (AvgIpc) is 3.32. The number of hydrogen-bond donors (Lipinski definition) is 0. The number of hydrogen-bond acceptors (Lipinski definition) is 4. The van der Waals surface area contributed by atoms with Crippen molar-refractivity contribution in [2.75, 3.05) is 13.1 Å². The number of carbonyl (C=O) groups is 1. The van der Waals surface area contributed by atoms with Gasteiger partial charge in [0.25, 0.3) is 5.91 Å². The van der Waals surface area contributed by atoms with Crippen LogP contribution in [-0.4, -0.2) is 48.2 Å². The second kappa shape index (κ2) is 7.30. The van der Waals surface area contributed by atoms with Crippen LogP contribution >= 0.6 is 0 Å². The zero-order valence-corrected chi connectivity index (χ0v) is 15.1. The molecule has 1 aliphatic rings. The molecule has 1 fully saturated rings. The van der Waals surface area contributed by atoms with Gasteiger partial charge in [-0.05, 0) is 31.0 Å². The fraction of sp³-hybridized carbons (Fsp3) is 0.368. The Balaban J connectivity index is 1.50. The van der Waals surface area contributed by atoms with Gasteiger partial charge in [-0.3, -0.25) is 4.79 Å². The molecule has 27 heavy (non-hydrogen) atoms. The van der Waals surface area contributed by atoms with E-state index < -0.39 is 5.82 Å². The lowest BCUT2D eigenvalue weighted by molar-refractivity contribution is 0.0703. The Hall–Kier alpha value is -3.03. The first-order valence-corrected chi connectivity index (χ1v) is 9.00. The Bertz CT molecular complexity index is 936. The summed E-state index contributed by atoms with van der Waals surface area (Å²) in [7, 11) is 1.95. The molecule has 8 heteroatoms. The molecular weight excluding hydrogens is 347 g/mol. The molecule has 0 saturated carbocycles. The second-order valence-electron chi connectivity index (χ2n) is 6.87. The van der Waals surface area contributed by atoms with Crippen LogP contribution in [0.2, 0.25) is 0 Å². The number of imidazole rings is 1. The number of halogens is 1. The van der Waals surface area contributed by atoms with Crippen LogP contribution in [0, 0.1) is 5.82 Å². The van der Waals surface area contributed by atoms with E-state index in [1.807, 2.05) is 22.4 Å². The van der Waals surface area contributed by atoms with Crippen molar-refractivity contribution in [2.24, 2.45) is 7.05 Å². The van der Waals surface area contributed by atoms with E-state index in [9.17, 15) is 9.18 Å². The monoisotopic (exact) mass is 368 g/mol. The van der Waals surface area contributed by atoms with Crippen LogP contribution < -0.4 is 0 Å². The minimum atomic E-state index is -0.396. The molecule has 0 aliphatic carbocycles. The normalized spacial score (nSPS) is 17.3. The molecule has 1 amide bonds. The minimum absolute atomic E-state index is 0.116. The van der Waals surface area contributed by atoms with E-state index in [0.717, 1.165) is 24.5 Å². The molecule has 0 N–H and O–H groups in total. The first-order valence-electron chi connectivity index (χ1n) is 9.00. The molecule has 0 radical (unpaired) electrons. The van der Waals surface area contributed by atoms with E-state index in [0.29, 0.717) is 25.2 Å². The van der Waals surface area contributed by atoms with Gasteiger partial charge in [0.05, 0.1) is 12.9 Å². The van der Waals surface area contributed by atoms with E-state index in [1.165, 1.54) is 12.1 Å². The maximum absolute atomic E-state index is 13.4. The lowest BCUT2D eigenvalue weighted by atomic mass is 9.96. The van der Waals surface area contributed by atoms with Crippen molar-refractivity contribution < 1.29 is 9.18 Å². The van der Waals surface area contributed by atoms with Crippen molar-refractivity contribution in [1.29, 1.82) is 0 Å². The summed E-state index contributed by atoms with van der Waals surface area (Å²) in [5, 5.41) is 8.70. The zero-order chi connectivity index (χ0) is 18.8. The molecule has 3 heterocycles. The van der Waals surface area contributed by atoms with Gasteiger partial charge in [-0.15, -0.1) is 10.2 Å². The van der Waals surface area contributed by atoms with Crippen LogP contribution in [0.4, 0.5) is 4.39 Å². The highest BCUT2D eigenvalue weighted by atomic mass is 19.1. The van der Waals surface area contributed by atoms with Crippen molar-refractivity contribution in [2.45, 2.75) is 25.3 Å². The predicted octanol–water partition coefficient (Wildman–Crippen LogP) is 2.22. The third-order valence-corrected chi connectivity index (χ3v) is 5.03. The van der Waals surface area contributed by atoms with Crippen LogP contribution in [0.3, 0.4) is 0 Å². The Morgan fingerprint density at radius 2 is 2.22 bits per heavy atom. The van der Waals surface area contributed by atoms with Gasteiger partial charge in [0, 0.05) is 44.0 Å². The lowest BCUT2D eigenvalue weighted by Crippen LogP contribution is -2.39. The van der Waals surface area contributed by atoms with Gasteiger partial charge in [-0.1, -0.05) is 6.07 Å². The van der Waals surface area contributed by atoms with Crippen molar-refractivity contribution in [3.05, 3.63) is 66.0 Å². The molecule has 1 aliphatic heterocycles. The molecule has 1 atom stereocenters. The second-order valence-corrected chi connectivity index (χ2v) is 6.87. The van der Waals surface area contributed by atoms with E-state index in [2.05, 4.69) is 15.2 Å². The van der Waals surface area contributed by atoms with Crippen LogP contribution in [0.1, 0.15) is 40.8 Å². The van der Waals surface area contributed by atoms with Crippen molar-refractivity contribution in [1.82, 2.24) is 29.2 Å². The Labute approximate surface area is 156 Å². The topological polar surface area (TPSA) is 68.8 Å². The van der Waals surface area contributed by atoms with Crippen molar-refractivity contribution in [3.8, 4) is 0 Å². The van der Waals surface area contributed by atoms with Gasteiger partial charge in [0.15, 0.2) is 5.82 Å². The first kappa shape index (κ1) is 17.4. The van der Waals surface area contributed by atoms with Gasteiger partial charge < -0.3 is 14.0 Å². The molecule has 4 rings (SSSR count). The fourth-order valence-corrected chi connectivity index (χ4v) is 3.59. The molecule has 0 bridgehead atoms. The SMILES string of the molecule is Cn1c(Cn2ccnc2)nnc1C1CCCN(C(=O)c2cccc(F)c2)C1. The maximum Gasteiger partial charge on any atom is 0.253 e. The quantitative estimate of drug-likeness (QED) is 0.708. The van der Waals surface area contributed by atoms with Crippen LogP contribution in [0.5, 0.6) is 0 Å². The maximum atomic E-state index is 13.4. The van der Waals surface area contributed by atoms with Crippen molar-refractivity contribution in [3.63, 3.8) is 0 Å². The van der Waals surface area contributed by atoms with Crippen LogP contribution in [0.25, 0.3) is 0 Å². The van der Waals surface area contributed by atoms with Gasteiger partial charge in [0.2, 0.25) is 0 Å².